The first-order valence-corrected chi connectivity index (χ1v) is 7.39. The minimum absolute atomic E-state index is 0.512. The van der Waals surface area contributed by atoms with Crippen LogP contribution in [0.15, 0.2) is 53.5 Å². The number of nitrogens with one attached hydrogen (secondary N) is 1. The molecule has 0 aromatic heterocycles. The van der Waals surface area contributed by atoms with Gasteiger partial charge in [0, 0.05) is 6.54 Å². The molecule has 2 aromatic carbocycles. The minimum Gasteiger partial charge on any atom is -0.370 e. The molecular weight excluding hydrogens is 258 g/mol. The van der Waals surface area contributed by atoms with Gasteiger partial charge in [0.15, 0.2) is 5.96 Å². The van der Waals surface area contributed by atoms with Gasteiger partial charge >= 0.3 is 0 Å². The standard InChI is InChI=1S/C18H23N3/c1-3-10-20-18(19)21-13-15-7-5-9-17(12-15)16-8-4-6-14(2)11-16/h4-9,11-12H,3,10,13H2,1-2H3,(H3,19,20,21). The van der Waals surface area contributed by atoms with Gasteiger partial charge in [0.2, 0.25) is 0 Å². The molecule has 0 spiro atoms. The number of hydrogen-bond acceptors (Lipinski definition) is 1. The van der Waals surface area contributed by atoms with E-state index in [1.54, 1.807) is 0 Å². The molecule has 3 nitrogen and oxygen atoms in total. The molecule has 0 saturated heterocycles. The molecule has 3 N–H and O–H groups in total. The number of nitrogens with two attached hydrogens (primary N) is 1. The van der Waals surface area contributed by atoms with Crippen molar-refractivity contribution in [2.75, 3.05) is 6.54 Å². The molecule has 2 aromatic rings. The highest BCUT2D eigenvalue weighted by atomic mass is 15.1. The van der Waals surface area contributed by atoms with Crippen LogP contribution in [0.1, 0.15) is 24.5 Å². The lowest BCUT2D eigenvalue weighted by Crippen LogP contribution is -2.32. The summed E-state index contributed by atoms with van der Waals surface area (Å²) in [5.41, 5.74) is 10.7. The molecule has 0 fully saturated rings. The number of benzene rings is 2. The van der Waals surface area contributed by atoms with Crippen molar-refractivity contribution in [2.24, 2.45) is 10.7 Å². The molecular formula is C18H23N3. The summed E-state index contributed by atoms with van der Waals surface area (Å²) in [6.07, 6.45) is 1.04. The Morgan fingerprint density at radius 2 is 1.81 bits per heavy atom. The largest absolute Gasteiger partial charge is 0.370 e. The Morgan fingerprint density at radius 1 is 1.10 bits per heavy atom. The summed E-state index contributed by atoms with van der Waals surface area (Å²) in [5.74, 6) is 0.512. The second-order valence-electron chi connectivity index (χ2n) is 5.20. The van der Waals surface area contributed by atoms with Crippen molar-refractivity contribution in [3.8, 4) is 11.1 Å². The summed E-state index contributed by atoms with van der Waals surface area (Å²) in [6, 6.07) is 17.0. The Hall–Kier alpha value is -2.29. The van der Waals surface area contributed by atoms with E-state index in [0.717, 1.165) is 18.5 Å². The number of aryl methyl sites for hydroxylation is 1. The van der Waals surface area contributed by atoms with E-state index in [9.17, 15) is 0 Å². The van der Waals surface area contributed by atoms with Crippen LogP contribution < -0.4 is 11.1 Å². The molecule has 0 heterocycles. The highest BCUT2D eigenvalue weighted by molar-refractivity contribution is 5.77. The van der Waals surface area contributed by atoms with Crippen LogP contribution in [0.4, 0.5) is 0 Å². The quantitative estimate of drug-likeness (QED) is 0.651. The molecule has 0 bridgehead atoms. The first-order chi connectivity index (χ1) is 10.2. The van der Waals surface area contributed by atoms with Gasteiger partial charge in [-0.15, -0.1) is 0 Å². The average Bonchev–Trinajstić information content (AvgIpc) is 2.51. The highest BCUT2D eigenvalue weighted by Crippen LogP contribution is 2.21. The monoisotopic (exact) mass is 281 g/mol. The van der Waals surface area contributed by atoms with E-state index in [-0.39, 0.29) is 0 Å². The smallest absolute Gasteiger partial charge is 0.188 e. The summed E-state index contributed by atoms with van der Waals surface area (Å²) >= 11 is 0. The predicted molar refractivity (Wildman–Crippen MR) is 90.2 cm³/mol. The summed E-state index contributed by atoms with van der Waals surface area (Å²) in [5, 5.41) is 3.08. The van der Waals surface area contributed by atoms with Gasteiger partial charge in [-0.1, -0.05) is 55.0 Å². The fourth-order valence-electron chi connectivity index (χ4n) is 2.16. The van der Waals surface area contributed by atoms with Gasteiger partial charge in [0.25, 0.3) is 0 Å². The maximum Gasteiger partial charge on any atom is 0.188 e. The number of rotatable bonds is 5. The molecule has 0 saturated carbocycles. The molecule has 2 rings (SSSR count). The first-order valence-electron chi connectivity index (χ1n) is 7.39. The Kier molecular flexibility index (Phi) is 5.38. The SMILES string of the molecule is CCCNC(N)=NCc1cccc(-c2cccc(C)c2)c1. The van der Waals surface area contributed by atoms with Gasteiger partial charge in [0.1, 0.15) is 0 Å². The molecule has 0 amide bonds. The molecule has 3 heteroatoms. The van der Waals surface area contributed by atoms with E-state index in [0.29, 0.717) is 12.5 Å². The van der Waals surface area contributed by atoms with Crippen molar-refractivity contribution >= 4 is 5.96 Å². The topological polar surface area (TPSA) is 50.4 Å². The molecule has 0 aliphatic heterocycles. The van der Waals surface area contributed by atoms with E-state index in [2.05, 4.69) is 72.7 Å². The molecule has 0 unspecified atom stereocenters. The zero-order valence-corrected chi connectivity index (χ0v) is 12.8. The molecule has 0 aliphatic carbocycles. The van der Waals surface area contributed by atoms with E-state index >= 15 is 0 Å². The van der Waals surface area contributed by atoms with Crippen LogP contribution in [-0.2, 0) is 6.54 Å². The second-order valence-corrected chi connectivity index (χ2v) is 5.20. The van der Waals surface area contributed by atoms with Crippen LogP contribution in [0.25, 0.3) is 11.1 Å². The van der Waals surface area contributed by atoms with Gasteiger partial charge in [-0.25, -0.2) is 4.99 Å². The third-order valence-corrected chi connectivity index (χ3v) is 3.27. The van der Waals surface area contributed by atoms with Crippen molar-refractivity contribution in [1.29, 1.82) is 0 Å². The lowest BCUT2D eigenvalue weighted by atomic mass is 10.0. The molecule has 110 valence electrons. The first kappa shape index (κ1) is 15.1. The van der Waals surface area contributed by atoms with Crippen LogP contribution in [0.5, 0.6) is 0 Å². The third kappa shape index (κ3) is 4.63. The normalized spacial score (nSPS) is 11.4. The van der Waals surface area contributed by atoms with Crippen LogP contribution in [0, 0.1) is 6.92 Å². The second kappa shape index (κ2) is 7.48. The fourth-order valence-corrected chi connectivity index (χ4v) is 2.16. The molecule has 0 radical (unpaired) electrons. The van der Waals surface area contributed by atoms with Crippen LogP contribution in [0.3, 0.4) is 0 Å². The van der Waals surface area contributed by atoms with Gasteiger partial charge in [-0.05, 0) is 36.1 Å². The van der Waals surface area contributed by atoms with Crippen LogP contribution in [-0.4, -0.2) is 12.5 Å². The lowest BCUT2D eigenvalue weighted by Gasteiger charge is -2.06. The summed E-state index contributed by atoms with van der Waals surface area (Å²) < 4.78 is 0. The molecule has 0 atom stereocenters. The number of guanidine groups is 1. The maximum absolute atomic E-state index is 5.82. The van der Waals surface area contributed by atoms with Crippen molar-refractivity contribution in [3.05, 3.63) is 59.7 Å². The van der Waals surface area contributed by atoms with Crippen LogP contribution >= 0.6 is 0 Å². The summed E-state index contributed by atoms with van der Waals surface area (Å²) in [6.45, 7) is 5.67. The average molecular weight is 281 g/mol. The van der Waals surface area contributed by atoms with Crippen LogP contribution in [0.2, 0.25) is 0 Å². The van der Waals surface area contributed by atoms with Gasteiger partial charge in [-0.2, -0.15) is 0 Å². The zero-order chi connectivity index (χ0) is 15.1. The van der Waals surface area contributed by atoms with Gasteiger partial charge in [0.05, 0.1) is 6.54 Å². The van der Waals surface area contributed by atoms with Gasteiger partial charge < -0.3 is 11.1 Å². The summed E-state index contributed by atoms with van der Waals surface area (Å²) in [7, 11) is 0. The van der Waals surface area contributed by atoms with Crippen molar-refractivity contribution in [2.45, 2.75) is 26.8 Å². The van der Waals surface area contributed by atoms with E-state index in [1.807, 2.05) is 0 Å². The molecule has 0 aliphatic rings. The summed E-state index contributed by atoms with van der Waals surface area (Å²) in [4.78, 5) is 4.37. The lowest BCUT2D eigenvalue weighted by molar-refractivity contribution is 0.825. The highest BCUT2D eigenvalue weighted by Gasteiger charge is 2.00. The van der Waals surface area contributed by atoms with E-state index in [1.165, 1.54) is 16.7 Å². The third-order valence-electron chi connectivity index (χ3n) is 3.27. The van der Waals surface area contributed by atoms with E-state index < -0.39 is 0 Å². The number of aliphatic imine (C=N–C) groups is 1. The Bertz CT molecular complexity index is 617. The molecule has 21 heavy (non-hydrogen) atoms. The Balaban J connectivity index is 2.11. The fraction of sp³-hybridized carbons (Fsp3) is 0.278. The number of nitrogens with zero attached hydrogens (tertiary/aromatic N) is 1. The van der Waals surface area contributed by atoms with Crippen molar-refractivity contribution < 1.29 is 0 Å². The van der Waals surface area contributed by atoms with Gasteiger partial charge in [-0.3, -0.25) is 0 Å². The van der Waals surface area contributed by atoms with Crippen molar-refractivity contribution in [1.82, 2.24) is 5.32 Å². The Morgan fingerprint density at radius 3 is 2.52 bits per heavy atom. The Labute approximate surface area is 126 Å². The minimum atomic E-state index is 0.512. The zero-order valence-electron chi connectivity index (χ0n) is 12.8. The van der Waals surface area contributed by atoms with Crippen molar-refractivity contribution in [3.63, 3.8) is 0 Å². The predicted octanol–water partition coefficient (Wildman–Crippen LogP) is 3.48. The number of hydrogen-bond donors (Lipinski definition) is 2. The maximum atomic E-state index is 5.82. The van der Waals surface area contributed by atoms with E-state index in [4.69, 9.17) is 5.73 Å².